The van der Waals surface area contributed by atoms with Gasteiger partial charge < -0.3 is 19.1 Å². The molecular formula is C31H23F4N7O4S. The summed E-state index contributed by atoms with van der Waals surface area (Å²) in [6.07, 6.45) is 3.12. The lowest BCUT2D eigenvalue weighted by Crippen LogP contribution is -2.31. The Morgan fingerprint density at radius 2 is 1.96 bits per heavy atom. The van der Waals surface area contributed by atoms with Gasteiger partial charge in [0.05, 0.1) is 46.7 Å². The van der Waals surface area contributed by atoms with Crippen molar-refractivity contribution in [2.45, 2.75) is 38.6 Å². The number of halogens is 4. The molecule has 6 aromatic rings. The summed E-state index contributed by atoms with van der Waals surface area (Å²) in [4.78, 5) is 20.5. The molecule has 1 aliphatic rings. The molecule has 1 saturated heterocycles. The normalized spacial score (nSPS) is 14.5. The van der Waals surface area contributed by atoms with Crippen molar-refractivity contribution in [3.63, 3.8) is 0 Å². The molecule has 240 valence electrons. The number of alkyl halides is 2. The average molecular weight is 666 g/mol. The number of benzene rings is 2. The van der Waals surface area contributed by atoms with Gasteiger partial charge in [-0.3, -0.25) is 0 Å². The first-order chi connectivity index (χ1) is 22.7. The quantitative estimate of drug-likeness (QED) is 0.162. The molecular weight excluding hydrogens is 642 g/mol. The molecule has 0 aliphatic carbocycles. The Labute approximate surface area is 267 Å². The smallest absolute Gasteiger partial charge is 0.335 e. The lowest BCUT2D eigenvalue weighted by Gasteiger charge is -2.27. The number of carboxylic acids is 1. The third-order valence-electron chi connectivity index (χ3n) is 7.60. The summed E-state index contributed by atoms with van der Waals surface area (Å²) in [5, 5.41) is 21.9. The zero-order valence-electron chi connectivity index (χ0n) is 24.2. The molecule has 0 spiro atoms. The van der Waals surface area contributed by atoms with E-state index in [1.807, 2.05) is 0 Å². The Bertz CT molecular complexity index is 2110. The molecule has 1 fully saturated rings. The van der Waals surface area contributed by atoms with Crippen LogP contribution >= 0.6 is 11.3 Å². The number of rotatable bonds is 11. The lowest BCUT2D eigenvalue weighted by molar-refractivity contribution is -0.0589. The third-order valence-corrected chi connectivity index (χ3v) is 8.54. The molecule has 1 atom stereocenters. The van der Waals surface area contributed by atoms with Crippen LogP contribution in [0.1, 0.15) is 39.7 Å². The molecule has 0 bridgehead atoms. The second-order valence-electron chi connectivity index (χ2n) is 10.7. The minimum absolute atomic E-state index is 0.0455. The molecule has 16 heteroatoms. The summed E-state index contributed by atoms with van der Waals surface area (Å²) in [6, 6.07) is 11.4. The third kappa shape index (κ3) is 6.29. The summed E-state index contributed by atoms with van der Waals surface area (Å²) in [7, 11) is 0. The zero-order valence-corrected chi connectivity index (χ0v) is 25.0. The molecule has 11 nitrogen and oxygen atoms in total. The van der Waals surface area contributed by atoms with E-state index in [0.29, 0.717) is 50.3 Å². The summed E-state index contributed by atoms with van der Waals surface area (Å²) in [5.74, 6) is -1.89. The van der Waals surface area contributed by atoms with Crippen molar-refractivity contribution in [1.82, 2.24) is 34.5 Å². The largest absolute Gasteiger partial charge is 0.478 e. The molecule has 47 heavy (non-hydrogen) atoms. The van der Waals surface area contributed by atoms with Crippen LogP contribution in [-0.2, 0) is 24.3 Å². The van der Waals surface area contributed by atoms with E-state index in [1.165, 1.54) is 24.4 Å². The predicted octanol–water partition coefficient (Wildman–Crippen LogP) is 6.14. The van der Waals surface area contributed by atoms with Crippen LogP contribution in [-0.4, -0.2) is 58.3 Å². The fraction of sp³-hybridized carbons (Fsp3) is 0.226. The fourth-order valence-electron chi connectivity index (χ4n) is 5.13. The SMILES string of the molecule is O=C(O)c1ccc2nc(Cc3cc(F)c(-c4cccc(OCc5nnc(-c6cnn(C(F)F)c6)s5)n4)cc3F)n(C[C@@H]3CCO3)c2c1. The summed E-state index contributed by atoms with van der Waals surface area (Å²) < 4.78 is 70.3. The molecule has 4 aromatic heterocycles. The Morgan fingerprint density at radius 3 is 2.70 bits per heavy atom. The van der Waals surface area contributed by atoms with Crippen LogP contribution in [0.2, 0.25) is 0 Å². The molecule has 0 saturated carbocycles. The molecule has 7 rings (SSSR count). The first-order valence-electron chi connectivity index (χ1n) is 14.3. The highest BCUT2D eigenvalue weighted by Gasteiger charge is 2.24. The van der Waals surface area contributed by atoms with Crippen molar-refractivity contribution >= 4 is 28.3 Å². The number of ether oxygens (including phenoxy) is 2. The topological polar surface area (TPSA) is 130 Å². The van der Waals surface area contributed by atoms with E-state index in [-0.39, 0.29) is 47.4 Å². The highest BCUT2D eigenvalue weighted by atomic mass is 32.1. The van der Waals surface area contributed by atoms with E-state index in [0.717, 1.165) is 36.1 Å². The monoisotopic (exact) mass is 665 g/mol. The van der Waals surface area contributed by atoms with Gasteiger partial charge in [-0.05, 0) is 48.4 Å². The molecule has 0 unspecified atom stereocenters. The Morgan fingerprint density at radius 1 is 1.11 bits per heavy atom. The van der Waals surface area contributed by atoms with E-state index in [2.05, 4.69) is 25.3 Å². The van der Waals surface area contributed by atoms with Gasteiger partial charge >= 0.3 is 12.5 Å². The van der Waals surface area contributed by atoms with Crippen molar-refractivity contribution in [1.29, 1.82) is 0 Å². The Balaban J connectivity index is 1.09. The first kappa shape index (κ1) is 30.4. The van der Waals surface area contributed by atoms with E-state index >= 15 is 8.78 Å². The number of fused-ring (bicyclic) bond motifs is 1. The minimum atomic E-state index is -2.77. The minimum Gasteiger partial charge on any atom is -0.478 e. The van der Waals surface area contributed by atoms with Gasteiger partial charge in [0.15, 0.2) is 10.0 Å². The Hall–Kier alpha value is -5.22. The van der Waals surface area contributed by atoms with Gasteiger partial charge in [0, 0.05) is 30.9 Å². The summed E-state index contributed by atoms with van der Waals surface area (Å²) in [5.41, 5.74) is 1.71. The van der Waals surface area contributed by atoms with Gasteiger partial charge in [0.25, 0.3) is 0 Å². The van der Waals surface area contributed by atoms with Crippen LogP contribution in [0.5, 0.6) is 5.88 Å². The fourth-order valence-corrected chi connectivity index (χ4v) is 5.86. The molecule has 1 N–H and O–H groups in total. The predicted molar refractivity (Wildman–Crippen MR) is 160 cm³/mol. The van der Waals surface area contributed by atoms with Gasteiger partial charge in [0.2, 0.25) is 5.88 Å². The van der Waals surface area contributed by atoms with Crippen molar-refractivity contribution in [2.24, 2.45) is 0 Å². The zero-order chi connectivity index (χ0) is 32.7. The van der Waals surface area contributed by atoms with E-state index in [9.17, 15) is 18.7 Å². The highest BCUT2D eigenvalue weighted by Crippen LogP contribution is 2.30. The maximum Gasteiger partial charge on any atom is 0.335 e. The number of nitrogens with zero attached hydrogens (tertiary/aromatic N) is 7. The maximum atomic E-state index is 15.5. The number of carbonyl (C=O) groups is 1. The average Bonchev–Trinajstić information content (AvgIpc) is 3.78. The number of aromatic carboxylic acids is 1. The van der Waals surface area contributed by atoms with Crippen LogP contribution in [0.25, 0.3) is 32.9 Å². The molecule has 0 radical (unpaired) electrons. The van der Waals surface area contributed by atoms with Crippen LogP contribution in [0.4, 0.5) is 17.6 Å². The van der Waals surface area contributed by atoms with Crippen molar-refractivity contribution < 1.29 is 36.9 Å². The van der Waals surface area contributed by atoms with Crippen LogP contribution in [0, 0.1) is 11.6 Å². The van der Waals surface area contributed by atoms with E-state index in [4.69, 9.17) is 9.47 Å². The summed E-state index contributed by atoms with van der Waals surface area (Å²) >= 11 is 1.13. The van der Waals surface area contributed by atoms with Gasteiger partial charge in [0.1, 0.15) is 24.1 Å². The van der Waals surface area contributed by atoms with Crippen LogP contribution < -0.4 is 4.74 Å². The van der Waals surface area contributed by atoms with Crippen molar-refractivity contribution in [3.8, 4) is 27.7 Å². The number of carboxylic acid groups (broad SMARTS) is 1. The summed E-state index contributed by atoms with van der Waals surface area (Å²) in [6.45, 7) is -1.80. The molecule has 1 aliphatic heterocycles. The van der Waals surface area contributed by atoms with Crippen LogP contribution in [0.3, 0.4) is 0 Å². The highest BCUT2D eigenvalue weighted by molar-refractivity contribution is 7.14. The molecule has 2 aromatic carbocycles. The van der Waals surface area contributed by atoms with Crippen LogP contribution in [0.15, 0.2) is 60.9 Å². The van der Waals surface area contributed by atoms with Crippen molar-refractivity contribution in [3.05, 3.63) is 94.5 Å². The number of pyridine rings is 1. The van der Waals surface area contributed by atoms with E-state index < -0.39 is 24.2 Å². The van der Waals surface area contributed by atoms with Gasteiger partial charge in [-0.15, -0.1) is 10.2 Å². The van der Waals surface area contributed by atoms with Gasteiger partial charge in [-0.25, -0.2) is 28.2 Å². The van der Waals surface area contributed by atoms with Gasteiger partial charge in [-0.1, -0.05) is 17.4 Å². The first-order valence-corrected chi connectivity index (χ1v) is 15.1. The molecule has 0 amide bonds. The number of aromatic nitrogens is 7. The maximum absolute atomic E-state index is 15.5. The lowest BCUT2D eigenvalue weighted by atomic mass is 10.0. The Kier molecular flexibility index (Phi) is 8.11. The van der Waals surface area contributed by atoms with E-state index in [1.54, 1.807) is 22.8 Å². The number of imidazole rings is 1. The second-order valence-corrected chi connectivity index (χ2v) is 11.7. The second kappa shape index (κ2) is 12.5. The standard InChI is InChI=1S/C31H23F4N7O4S/c32-21-11-20(23-2-1-3-27(38-23)46-15-28-39-40-29(47-28)18-12-36-42(13-18)31(34)35)22(33)8-17(21)10-26-37-24-5-4-16(30(43)44)9-25(24)41(26)14-19-6-7-45-19/h1-5,8-9,11-13,19,31H,6-7,10,14-15H2,(H,43,44)/t19-/m0/s1. The van der Waals surface area contributed by atoms with Gasteiger partial charge in [-0.2, -0.15) is 13.9 Å². The van der Waals surface area contributed by atoms with Crippen molar-refractivity contribution in [2.75, 3.05) is 6.61 Å². The number of hydrogen-bond donors (Lipinski definition) is 1. The molecule has 5 heterocycles. The number of hydrogen-bond acceptors (Lipinski definition) is 9.